The lowest BCUT2D eigenvalue weighted by atomic mass is 9.90. The van der Waals surface area contributed by atoms with Crippen molar-refractivity contribution in [3.05, 3.63) is 84.2 Å². The summed E-state index contributed by atoms with van der Waals surface area (Å²) in [6.45, 7) is 0.0789. The third-order valence-electron chi connectivity index (χ3n) is 3.61. The van der Waals surface area contributed by atoms with Gasteiger partial charge in [-0.1, -0.05) is 48.5 Å². The van der Waals surface area contributed by atoms with Crippen molar-refractivity contribution in [3.63, 3.8) is 0 Å². The summed E-state index contributed by atoms with van der Waals surface area (Å²) >= 11 is 0. The Morgan fingerprint density at radius 2 is 1.57 bits per heavy atom. The van der Waals surface area contributed by atoms with E-state index in [1.54, 1.807) is 16.9 Å². The Morgan fingerprint density at radius 3 is 2.19 bits per heavy atom. The van der Waals surface area contributed by atoms with E-state index < -0.39 is 5.60 Å². The molecule has 1 atom stereocenters. The molecule has 0 bridgehead atoms. The molecule has 0 radical (unpaired) electrons. The van der Waals surface area contributed by atoms with Gasteiger partial charge >= 0.3 is 0 Å². The van der Waals surface area contributed by atoms with Crippen molar-refractivity contribution in [3.8, 4) is 5.69 Å². The second-order valence-corrected chi connectivity index (χ2v) is 4.89. The molecule has 0 saturated carbocycles. The van der Waals surface area contributed by atoms with Crippen LogP contribution in [0, 0.1) is 0 Å². The van der Waals surface area contributed by atoms with Gasteiger partial charge in [-0.15, -0.1) is 0 Å². The van der Waals surface area contributed by atoms with E-state index in [0.29, 0.717) is 5.69 Å². The van der Waals surface area contributed by atoms with E-state index in [1.165, 1.54) is 0 Å². The topological polar surface area (TPSA) is 64.1 Å². The van der Waals surface area contributed by atoms with Crippen molar-refractivity contribution in [1.82, 2.24) is 9.78 Å². The zero-order valence-electron chi connectivity index (χ0n) is 11.6. The van der Waals surface area contributed by atoms with Gasteiger partial charge in [-0.2, -0.15) is 5.10 Å². The van der Waals surface area contributed by atoms with Crippen molar-refractivity contribution in [2.75, 3.05) is 6.54 Å². The average molecular weight is 279 g/mol. The minimum atomic E-state index is -1.27. The van der Waals surface area contributed by atoms with Crippen LogP contribution in [0.15, 0.2) is 72.9 Å². The van der Waals surface area contributed by atoms with Crippen molar-refractivity contribution >= 4 is 0 Å². The number of rotatable bonds is 4. The fourth-order valence-corrected chi connectivity index (χ4v) is 2.48. The standard InChI is InChI=1S/C17H17N3O/c18-13-17(21,14-7-3-1-4-8-14)16-11-12-19-20(16)15-9-5-2-6-10-15/h1-12,21H,13,18H2. The molecular weight excluding hydrogens is 262 g/mol. The summed E-state index contributed by atoms with van der Waals surface area (Å²) in [6, 6.07) is 20.9. The second kappa shape index (κ2) is 5.52. The number of nitrogens with zero attached hydrogens (tertiary/aromatic N) is 2. The monoisotopic (exact) mass is 279 g/mol. The van der Waals surface area contributed by atoms with Crippen LogP contribution in [0.25, 0.3) is 5.69 Å². The molecule has 3 N–H and O–H groups in total. The molecule has 21 heavy (non-hydrogen) atoms. The molecule has 106 valence electrons. The Hall–Kier alpha value is -2.43. The summed E-state index contributed by atoms with van der Waals surface area (Å²) in [5, 5.41) is 15.4. The highest BCUT2D eigenvalue weighted by atomic mass is 16.3. The molecule has 0 aliphatic heterocycles. The molecule has 0 saturated heterocycles. The Kier molecular flexibility index (Phi) is 3.56. The second-order valence-electron chi connectivity index (χ2n) is 4.89. The first kappa shape index (κ1) is 13.5. The van der Waals surface area contributed by atoms with E-state index in [0.717, 1.165) is 11.3 Å². The van der Waals surface area contributed by atoms with E-state index in [2.05, 4.69) is 5.10 Å². The lowest BCUT2D eigenvalue weighted by Gasteiger charge is -2.28. The number of aromatic nitrogens is 2. The van der Waals surface area contributed by atoms with Crippen LogP contribution in [-0.2, 0) is 5.60 Å². The summed E-state index contributed by atoms with van der Waals surface area (Å²) < 4.78 is 1.72. The maximum Gasteiger partial charge on any atom is 0.144 e. The Balaban J connectivity index is 2.14. The normalized spacial score (nSPS) is 13.8. The Morgan fingerprint density at radius 1 is 0.952 bits per heavy atom. The molecule has 3 aromatic rings. The molecule has 0 amide bonds. The Labute approximate surface area is 123 Å². The number of nitrogens with two attached hydrogens (primary N) is 1. The van der Waals surface area contributed by atoms with Gasteiger partial charge in [0.25, 0.3) is 0 Å². The lowest BCUT2D eigenvalue weighted by Crippen LogP contribution is -2.38. The molecule has 0 aliphatic rings. The fourth-order valence-electron chi connectivity index (χ4n) is 2.48. The first-order chi connectivity index (χ1) is 10.3. The van der Waals surface area contributed by atoms with Crippen LogP contribution < -0.4 is 5.73 Å². The van der Waals surface area contributed by atoms with Crippen molar-refractivity contribution in [2.45, 2.75) is 5.60 Å². The van der Waals surface area contributed by atoms with Crippen LogP contribution in [0.2, 0.25) is 0 Å². The van der Waals surface area contributed by atoms with Gasteiger partial charge in [0.15, 0.2) is 0 Å². The number of hydrogen-bond acceptors (Lipinski definition) is 3. The zero-order valence-corrected chi connectivity index (χ0v) is 11.6. The molecule has 2 aromatic carbocycles. The first-order valence-electron chi connectivity index (χ1n) is 6.83. The van der Waals surface area contributed by atoms with E-state index in [-0.39, 0.29) is 6.54 Å². The molecule has 0 aliphatic carbocycles. The largest absolute Gasteiger partial charge is 0.377 e. The van der Waals surface area contributed by atoms with Crippen molar-refractivity contribution in [2.24, 2.45) is 5.73 Å². The summed E-state index contributed by atoms with van der Waals surface area (Å²) in [5.74, 6) is 0. The summed E-state index contributed by atoms with van der Waals surface area (Å²) in [5.41, 5.74) is 6.91. The molecule has 1 heterocycles. The molecule has 0 spiro atoms. The highest BCUT2D eigenvalue weighted by molar-refractivity contribution is 5.39. The molecule has 4 heteroatoms. The van der Waals surface area contributed by atoms with Gasteiger partial charge in [-0.3, -0.25) is 0 Å². The molecule has 0 fully saturated rings. The highest BCUT2D eigenvalue weighted by Gasteiger charge is 2.33. The Bertz CT molecular complexity index is 709. The number of benzene rings is 2. The van der Waals surface area contributed by atoms with Gasteiger partial charge in [0, 0.05) is 12.7 Å². The molecular formula is C17H17N3O. The third-order valence-corrected chi connectivity index (χ3v) is 3.61. The fraction of sp³-hybridized carbons (Fsp3) is 0.118. The van der Waals surface area contributed by atoms with Gasteiger partial charge in [-0.05, 0) is 23.8 Å². The lowest BCUT2D eigenvalue weighted by molar-refractivity contribution is 0.0828. The quantitative estimate of drug-likeness (QED) is 0.768. The predicted octanol–water partition coefficient (Wildman–Crippen LogP) is 2.07. The SMILES string of the molecule is NCC(O)(c1ccccc1)c1ccnn1-c1ccccc1. The summed E-state index contributed by atoms with van der Waals surface area (Å²) in [6.07, 6.45) is 1.67. The smallest absolute Gasteiger partial charge is 0.144 e. The van der Waals surface area contributed by atoms with Crippen LogP contribution in [0.4, 0.5) is 0 Å². The van der Waals surface area contributed by atoms with Crippen LogP contribution in [0.3, 0.4) is 0 Å². The predicted molar refractivity (Wildman–Crippen MR) is 82.1 cm³/mol. The zero-order chi connectivity index (χ0) is 14.7. The molecule has 1 aromatic heterocycles. The van der Waals surface area contributed by atoms with Crippen molar-refractivity contribution < 1.29 is 5.11 Å². The van der Waals surface area contributed by atoms with Gasteiger partial charge in [0.1, 0.15) is 5.60 Å². The van der Waals surface area contributed by atoms with E-state index in [1.807, 2.05) is 60.7 Å². The molecule has 1 unspecified atom stereocenters. The summed E-state index contributed by atoms with van der Waals surface area (Å²) in [4.78, 5) is 0. The average Bonchev–Trinajstić information content (AvgIpc) is 3.06. The molecule has 3 rings (SSSR count). The minimum absolute atomic E-state index is 0.0789. The van der Waals surface area contributed by atoms with Gasteiger partial charge in [-0.25, -0.2) is 4.68 Å². The van der Waals surface area contributed by atoms with E-state index in [9.17, 15) is 5.11 Å². The summed E-state index contributed by atoms with van der Waals surface area (Å²) in [7, 11) is 0. The number of hydrogen-bond donors (Lipinski definition) is 2. The van der Waals surface area contributed by atoms with Gasteiger partial charge < -0.3 is 10.8 Å². The van der Waals surface area contributed by atoms with Crippen LogP contribution in [0.5, 0.6) is 0 Å². The maximum absolute atomic E-state index is 11.1. The van der Waals surface area contributed by atoms with E-state index in [4.69, 9.17) is 5.73 Å². The van der Waals surface area contributed by atoms with Crippen LogP contribution >= 0.6 is 0 Å². The van der Waals surface area contributed by atoms with Crippen molar-refractivity contribution in [1.29, 1.82) is 0 Å². The van der Waals surface area contributed by atoms with Crippen LogP contribution in [-0.4, -0.2) is 21.4 Å². The third kappa shape index (κ3) is 2.35. The minimum Gasteiger partial charge on any atom is -0.377 e. The van der Waals surface area contributed by atoms with Gasteiger partial charge in [0.2, 0.25) is 0 Å². The maximum atomic E-state index is 11.1. The highest BCUT2D eigenvalue weighted by Crippen LogP contribution is 2.29. The number of aliphatic hydroxyl groups is 1. The number of para-hydroxylation sites is 1. The van der Waals surface area contributed by atoms with E-state index >= 15 is 0 Å². The first-order valence-corrected chi connectivity index (χ1v) is 6.83. The van der Waals surface area contributed by atoms with Gasteiger partial charge in [0.05, 0.1) is 11.4 Å². The van der Waals surface area contributed by atoms with Crippen LogP contribution in [0.1, 0.15) is 11.3 Å². The molecule has 4 nitrogen and oxygen atoms in total.